The van der Waals surface area contributed by atoms with Gasteiger partial charge in [0, 0.05) is 49.9 Å². The highest BCUT2D eigenvalue weighted by atomic mass is 16.3. The zero-order valence-electron chi connectivity index (χ0n) is 41.0. The number of nitrogens with zero attached hydrogens (tertiary/aromatic N) is 2. The third kappa shape index (κ3) is 7.69. The Kier molecular flexibility index (Phi) is 10.8. The van der Waals surface area contributed by atoms with Crippen molar-refractivity contribution in [2.45, 2.75) is 0 Å². The van der Waals surface area contributed by atoms with Gasteiger partial charge in [0.2, 0.25) is 0 Å². The van der Waals surface area contributed by atoms with Crippen LogP contribution in [0.15, 0.2) is 296 Å². The van der Waals surface area contributed by atoms with Crippen molar-refractivity contribution in [3.63, 3.8) is 0 Å². The Morgan fingerprint density at radius 1 is 0.280 bits per heavy atom. The summed E-state index contributed by atoms with van der Waals surface area (Å²) in [5.74, 6) is 0. The zero-order valence-corrected chi connectivity index (χ0v) is 41.0. The van der Waals surface area contributed by atoms with E-state index >= 15 is 0 Å². The van der Waals surface area contributed by atoms with Gasteiger partial charge in [0.1, 0.15) is 11.2 Å². The quantitative estimate of drug-likeness (QED) is 0.136. The Labute approximate surface area is 436 Å². The number of aromatic nitrogens is 1. The van der Waals surface area contributed by atoms with Crippen LogP contribution in [0.25, 0.3) is 116 Å². The predicted molar refractivity (Wildman–Crippen MR) is 315 cm³/mol. The number of hydrogen-bond acceptors (Lipinski definition) is 2. The van der Waals surface area contributed by atoms with Crippen molar-refractivity contribution in [2.75, 3.05) is 4.90 Å². The van der Waals surface area contributed by atoms with Crippen LogP contribution in [0.5, 0.6) is 0 Å². The van der Waals surface area contributed by atoms with Crippen LogP contribution < -0.4 is 4.90 Å². The van der Waals surface area contributed by atoms with Gasteiger partial charge < -0.3 is 13.9 Å². The second-order valence-electron chi connectivity index (χ2n) is 19.2. The van der Waals surface area contributed by atoms with Crippen molar-refractivity contribution >= 4 is 60.8 Å². The van der Waals surface area contributed by atoms with Crippen LogP contribution in [0.1, 0.15) is 0 Å². The maximum atomic E-state index is 6.55. The molecule has 0 N–H and O–H groups in total. The highest BCUT2D eigenvalue weighted by Gasteiger charge is 2.22. The summed E-state index contributed by atoms with van der Waals surface area (Å²) in [5, 5.41) is 4.69. The Balaban J connectivity index is 0.957. The van der Waals surface area contributed by atoms with Crippen molar-refractivity contribution in [3.8, 4) is 72.4 Å². The lowest BCUT2D eigenvalue weighted by Crippen LogP contribution is -2.10. The maximum absolute atomic E-state index is 6.55. The molecule has 0 fully saturated rings. The molecule has 2 heterocycles. The van der Waals surface area contributed by atoms with Gasteiger partial charge in [-0.25, -0.2) is 0 Å². The summed E-state index contributed by atoms with van der Waals surface area (Å²) in [4.78, 5) is 2.41. The van der Waals surface area contributed by atoms with Gasteiger partial charge in [0.05, 0.1) is 11.0 Å². The lowest BCUT2D eigenvalue weighted by Gasteiger charge is -2.27. The molecule has 2 aromatic heterocycles. The lowest BCUT2D eigenvalue weighted by atomic mass is 9.84. The first-order chi connectivity index (χ1) is 37.2. The third-order valence-corrected chi connectivity index (χ3v) is 14.8. The molecule has 14 aromatic rings. The van der Waals surface area contributed by atoms with Gasteiger partial charge in [0.25, 0.3) is 0 Å². The summed E-state index contributed by atoms with van der Waals surface area (Å²) >= 11 is 0. The monoisotopic (exact) mass is 956 g/mol. The van der Waals surface area contributed by atoms with E-state index in [1.165, 1.54) is 60.8 Å². The first kappa shape index (κ1) is 43.8. The zero-order chi connectivity index (χ0) is 49.7. The number of anilines is 3. The third-order valence-electron chi connectivity index (χ3n) is 14.8. The van der Waals surface area contributed by atoms with Gasteiger partial charge in [-0.05, 0) is 128 Å². The van der Waals surface area contributed by atoms with Crippen molar-refractivity contribution in [3.05, 3.63) is 291 Å². The van der Waals surface area contributed by atoms with Gasteiger partial charge in [-0.1, -0.05) is 224 Å². The van der Waals surface area contributed by atoms with Crippen molar-refractivity contribution in [1.82, 2.24) is 4.57 Å². The number of hydrogen-bond donors (Lipinski definition) is 0. The summed E-state index contributed by atoms with van der Waals surface area (Å²) in [6.45, 7) is 0. The van der Waals surface area contributed by atoms with Gasteiger partial charge in [-0.15, -0.1) is 0 Å². The maximum Gasteiger partial charge on any atom is 0.143 e. The minimum atomic E-state index is 0.892. The molecule has 0 aliphatic heterocycles. The summed E-state index contributed by atoms with van der Waals surface area (Å²) < 4.78 is 8.94. The first-order valence-corrected chi connectivity index (χ1v) is 25.7. The second-order valence-corrected chi connectivity index (χ2v) is 19.2. The fraction of sp³-hybridized carbons (Fsp3) is 0. The number of fused-ring (bicyclic) bond motifs is 6. The van der Waals surface area contributed by atoms with Crippen molar-refractivity contribution in [2.24, 2.45) is 0 Å². The second kappa shape index (κ2) is 18.6. The van der Waals surface area contributed by atoms with E-state index in [0.29, 0.717) is 0 Å². The van der Waals surface area contributed by atoms with E-state index in [1.54, 1.807) is 0 Å². The molecule has 0 aliphatic carbocycles. The Hall–Kier alpha value is -9.96. The van der Waals surface area contributed by atoms with Crippen LogP contribution in [0, 0.1) is 0 Å². The molecule has 0 spiro atoms. The molecule has 0 atom stereocenters. The summed E-state index contributed by atoms with van der Waals surface area (Å²) in [6, 6.07) is 105. The summed E-state index contributed by atoms with van der Waals surface area (Å²) in [7, 11) is 0. The largest absolute Gasteiger partial charge is 0.455 e. The SMILES string of the molecule is c1ccc(-c2ccccc2-c2c(-c3ccccc3)cccc2-c2cccc(N(c3ccc(-c4cccc5c4oc4ccccc45)cc3)c3cccc(-c4cccc5c4c4ccccc4n5-c4ccccc4)c3)c2)cc1. The summed E-state index contributed by atoms with van der Waals surface area (Å²) in [5.41, 5.74) is 22.3. The number of rotatable bonds is 10. The lowest BCUT2D eigenvalue weighted by molar-refractivity contribution is 0.670. The molecule has 0 bridgehead atoms. The molecule has 0 radical (unpaired) electrons. The van der Waals surface area contributed by atoms with E-state index in [0.717, 1.165) is 72.5 Å². The molecule has 12 aromatic carbocycles. The molecule has 14 rings (SSSR count). The highest BCUT2D eigenvalue weighted by molar-refractivity contribution is 6.16. The van der Waals surface area contributed by atoms with Gasteiger partial charge in [0.15, 0.2) is 0 Å². The molecule has 0 saturated carbocycles. The molecule has 3 nitrogen and oxygen atoms in total. The minimum Gasteiger partial charge on any atom is -0.455 e. The molecule has 0 aliphatic rings. The first-order valence-electron chi connectivity index (χ1n) is 25.7. The van der Waals surface area contributed by atoms with E-state index in [4.69, 9.17) is 4.42 Å². The van der Waals surface area contributed by atoms with Crippen LogP contribution in [-0.2, 0) is 0 Å². The Morgan fingerprint density at radius 3 is 1.48 bits per heavy atom. The van der Waals surface area contributed by atoms with E-state index in [9.17, 15) is 0 Å². The summed E-state index contributed by atoms with van der Waals surface area (Å²) in [6.07, 6.45) is 0. The van der Waals surface area contributed by atoms with Gasteiger partial charge in [-0.2, -0.15) is 0 Å². The number of furan rings is 1. The van der Waals surface area contributed by atoms with E-state index < -0.39 is 0 Å². The molecular formula is C72H48N2O. The van der Waals surface area contributed by atoms with Crippen molar-refractivity contribution < 1.29 is 4.42 Å². The van der Waals surface area contributed by atoms with E-state index in [-0.39, 0.29) is 0 Å². The number of benzene rings is 12. The fourth-order valence-electron chi connectivity index (χ4n) is 11.5. The standard InChI is InChI=1S/C72H48N2O/c1-4-21-49(22-5-1)58-31-10-11-33-64(58)70-59(50-23-6-2-7-24-50)35-18-36-60(70)52-25-16-29-56(47-52)73(55-45-43-51(44-46-55)62-38-19-39-65-63-32-13-15-42-69(63)75-72(62)65)57-30-17-26-53(48-57)61-37-20-41-68-71(61)66-34-12-14-40-67(66)74(68)54-27-8-3-9-28-54/h1-48H. The predicted octanol–water partition coefficient (Wildman–Crippen LogP) is 20.2. The van der Waals surface area contributed by atoms with Crippen LogP contribution >= 0.6 is 0 Å². The molecule has 0 unspecified atom stereocenters. The number of para-hydroxylation sites is 4. The van der Waals surface area contributed by atoms with Crippen LogP contribution in [0.4, 0.5) is 17.1 Å². The normalized spacial score (nSPS) is 11.5. The van der Waals surface area contributed by atoms with Crippen LogP contribution in [0.3, 0.4) is 0 Å². The van der Waals surface area contributed by atoms with E-state index in [1.807, 2.05) is 12.1 Å². The molecule has 0 saturated heterocycles. The van der Waals surface area contributed by atoms with Gasteiger partial charge in [-0.3, -0.25) is 0 Å². The van der Waals surface area contributed by atoms with Crippen LogP contribution in [-0.4, -0.2) is 4.57 Å². The minimum absolute atomic E-state index is 0.892. The Bertz CT molecular complexity index is 4400. The molecule has 352 valence electrons. The average Bonchev–Trinajstić information content (AvgIpc) is 4.09. The van der Waals surface area contributed by atoms with Crippen molar-refractivity contribution in [1.29, 1.82) is 0 Å². The Morgan fingerprint density at radius 2 is 0.747 bits per heavy atom. The molecule has 75 heavy (non-hydrogen) atoms. The molecule has 3 heteroatoms. The molecule has 0 amide bonds. The van der Waals surface area contributed by atoms with E-state index in [2.05, 4.69) is 289 Å². The highest BCUT2D eigenvalue weighted by Crippen LogP contribution is 2.47. The van der Waals surface area contributed by atoms with Crippen LogP contribution in [0.2, 0.25) is 0 Å². The average molecular weight is 957 g/mol. The topological polar surface area (TPSA) is 21.3 Å². The molecular weight excluding hydrogens is 909 g/mol. The fourth-order valence-corrected chi connectivity index (χ4v) is 11.5. The smallest absolute Gasteiger partial charge is 0.143 e. The van der Waals surface area contributed by atoms with Gasteiger partial charge >= 0.3 is 0 Å².